The molecule has 0 saturated carbocycles. The van der Waals surface area contributed by atoms with E-state index in [1.165, 1.54) is 6.92 Å². The predicted octanol–water partition coefficient (Wildman–Crippen LogP) is 3.98. The zero-order chi connectivity index (χ0) is 21.1. The van der Waals surface area contributed by atoms with Gasteiger partial charge < -0.3 is 15.4 Å². The monoisotopic (exact) mass is 398 g/mol. The number of anilines is 3. The Labute approximate surface area is 172 Å². The second-order valence-corrected chi connectivity index (χ2v) is 6.57. The van der Waals surface area contributed by atoms with Crippen molar-refractivity contribution < 1.29 is 9.53 Å². The summed E-state index contributed by atoms with van der Waals surface area (Å²) in [7, 11) is 1.54. The van der Waals surface area contributed by atoms with Crippen molar-refractivity contribution in [1.82, 2.24) is 14.6 Å². The fraction of sp³-hybridized carbons (Fsp3) is 0.0909. The van der Waals surface area contributed by atoms with E-state index < -0.39 is 0 Å². The normalized spacial score (nSPS) is 10.4. The van der Waals surface area contributed by atoms with Crippen LogP contribution >= 0.6 is 0 Å². The number of carbonyl (C=O) groups excluding carboxylic acids is 1. The number of hydrogen-bond donors (Lipinski definition) is 2. The fourth-order valence-corrected chi connectivity index (χ4v) is 3.07. The standard InChI is InChI=1S/C22H18N6O2/c1-14(29)24-18-5-3-4-16(11-18)17-7-9-21-26-22(27-28(21)13-17)25-19-8-6-15(12-23)10-20(19)30-2/h3-11,13H,1-2H3,(H,24,29)(H,25,27). The van der Waals surface area contributed by atoms with Gasteiger partial charge in [-0.25, -0.2) is 4.52 Å². The summed E-state index contributed by atoms with van der Waals surface area (Å²) in [6.45, 7) is 1.48. The van der Waals surface area contributed by atoms with Gasteiger partial charge in [0.25, 0.3) is 0 Å². The van der Waals surface area contributed by atoms with E-state index in [2.05, 4.69) is 26.8 Å². The Morgan fingerprint density at radius 3 is 2.77 bits per heavy atom. The molecular weight excluding hydrogens is 380 g/mol. The molecule has 30 heavy (non-hydrogen) atoms. The highest BCUT2D eigenvalue weighted by atomic mass is 16.5. The van der Waals surface area contributed by atoms with Gasteiger partial charge in [0.1, 0.15) is 5.75 Å². The number of nitriles is 1. The molecule has 0 aliphatic heterocycles. The molecule has 0 bridgehead atoms. The van der Waals surface area contributed by atoms with Crippen LogP contribution in [0.5, 0.6) is 5.75 Å². The van der Waals surface area contributed by atoms with Crippen LogP contribution in [0.1, 0.15) is 12.5 Å². The lowest BCUT2D eigenvalue weighted by Gasteiger charge is -2.08. The summed E-state index contributed by atoms with van der Waals surface area (Å²) in [5, 5.41) is 19.4. The van der Waals surface area contributed by atoms with E-state index in [1.807, 2.05) is 42.6 Å². The molecule has 2 aromatic heterocycles. The van der Waals surface area contributed by atoms with Gasteiger partial charge in [0, 0.05) is 30.4 Å². The Morgan fingerprint density at radius 2 is 2.00 bits per heavy atom. The molecule has 0 aliphatic carbocycles. The summed E-state index contributed by atoms with van der Waals surface area (Å²) < 4.78 is 7.02. The Hall–Kier alpha value is -4.38. The number of fused-ring (bicyclic) bond motifs is 1. The molecule has 2 N–H and O–H groups in total. The SMILES string of the molecule is COc1cc(C#N)ccc1Nc1nc2ccc(-c3cccc(NC(C)=O)c3)cn2n1. The third-order valence-corrected chi connectivity index (χ3v) is 4.42. The lowest BCUT2D eigenvalue weighted by molar-refractivity contribution is -0.114. The summed E-state index contributed by atoms with van der Waals surface area (Å²) in [6, 6.07) is 18.6. The maximum absolute atomic E-state index is 11.3. The third-order valence-electron chi connectivity index (χ3n) is 4.42. The van der Waals surface area contributed by atoms with Crippen LogP contribution in [0.15, 0.2) is 60.8 Å². The van der Waals surface area contributed by atoms with Gasteiger partial charge in [-0.3, -0.25) is 4.79 Å². The van der Waals surface area contributed by atoms with Gasteiger partial charge in [-0.15, -0.1) is 5.10 Å². The molecule has 8 heteroatoms. The lowest BCUT2D eigenvalue weighted by atomic mass is 10.1. The van der Waals surface area contributed by atoms with Crippen molar-refractivity contribution in [3.8, 4) is 22.9 Å². The molecule has 0 saturated heterocycles. The number of hydrogen-bond acceptors (Lipinski definition) is 6. The van der Waals surface area contributed by atoms with Gasteiger partial charge in [0.2, 0.25) is 11.9 Å². The van der Waals surface area contributed by atoms with Crippen LogP contribution in [0.25, 0.3) is 16.8 Å². The van der Waals surface area contributed by atoms with Crippen LogP contribution in [-0.4, -0.2) is 27.6 Å². The first-order valence-corrected chi connectivity index (χ1v) is 9.15. The highest BCUT2D eigenvalue weighted by Crippen LogP contribution is 2.28. The first kappa shape index (κ1) is 19.0. The summed E-state index contributed by atoms with van der Waals surface area (Å²) in [5.74, 6) is 0.818. The van der Waals surface area contributed by atoms with Gasteiger partial charge in [0.15, 0.2) is 5.65 Å². The molecule has 1 amide bonds. The zero-order valence-electron chi connectivity index (χ0n) is 16.4. The number of carbonyl (C=O) groups is 1. The molecule has 4 aromatic rings. The summed E-state index contributed by atoms with van der Waals surface area (Å²) in [5.41, 5.74) is 4.45. The number of pyridine rings is 1. The predicted molar refractivity (Wildman–Crippen MR) is 114 cm³/mol. The summed E-state index contributed by atoms with van der Waals surface area (Å²) >= 11 is 0. The van der Waals surface area contributed by atoms with E-state index in [-0.39, 0.29) is 5.91 Å². The molecule has 0 radical (unpaired) electrons. The third kappa shape index (κ3) is 3.91. The van der Waals surface area contributed by atoms with Gasteiger partial charge in [0.05, 0.1) is 24.4 Å². The van der Waals surface area contributed by atoms with Gasteiger partial charge in [-0.2, -0.15) is 10.2 Å². The Morgan fingerprint density at radius 1 is 1.13 bits per heavy atom. The van der Waals surface area contributed by atoms with E-state index in [0.717, 1.165) is 16.8 Å². The molecule has 2 heterocycles. The van der Waals surface area contributed by atoms with Crippen molar-refractivity contribution in [3.05, 3.63) is 66.4 Å². The van der Waals surface area contributed by atoms with E-state index in [1.54, 1.807) is 29.8 Å². The maximum Gasteiger partial charge on any atom is 0.247 e. The van der Waals surface area contributed by atoms with Crippen molar-refractivity contribution in [2.75, 3.05) is 17.7 Å². The number of amides is 1. The van der Waals surface area contributed by atoms with Crippen molar-refractivity contribution in [2.24, 2.45) is 0 Å². The minimum atomic E-state index is -0.118. The highest BCUT2D eigenvalue weighted by molar-refractivity contribution is 5.89. The van der Waals surface area contributed by atoms with Gasteiger partial charge >= 0.3 is 0 Å². The largest absolute Gasteiger partial charge is 0.495 e. The second-order valence-electron chi connectivity index (χ2n) is 6.57. The van der Waals surface area contributed by atoms with Crippen LogP contribution in [0.4, 0.5) is 17.3 Å². The number of nitrogens with one attached hydrogen (secondary N) is 2. The van der Waals surface area contributed by atoms with E-state index in [9.17, 15) is 4.79 Å². The van der Waals surface area contributed by atoms with Crippen molar-refractivity contribution in [2.45, 2.75) is 6.92 Å². The first-order chi connectivity index (χ1) is 14.6. The van der Waals surface area contributed by atoms with E-state index >= 15 is 0 Å². The van der Waals surface area contributed by atoms with Gasteiger partial charge in [-0.05, 0) is 42.0 Å². The van der Waals surface area contributed by atoms with Crippen molar-refractivity contribution in [1.29, 1.82) is 5.26 Å². The Kier molecular flexibility index (Phi) is 5.01. The average Bonchev–Trinajstić information content (AvgIpc) is 3.15. The molecule has 2 aromatic carbocycles. The van der Waals surface area contributed by atoms with Crippen LogP contribution in [0.2, 0.25) is 0 Å². The number of rotatable bonds is 5. The minimum absolute atomic E-state index is 0.118. The van der Waals surface area contributed by atoms with E-state index in [4.69, 9.17) is 10.00 Å². The lowest BCUT2D eigenvalue weighted by Crippen LogP contribution is -2.05. The maximum atomic E-state index is 11.3. The molecule has 0 atom stereocenters. The molecule has 0 unspecified atom stereocenters. The van der Waals surface area contributed by atoms with E-state index in [0.29, 0.717) is 28.6 Å². The Balaban J connectivity index is 1.64. The average molecular weight is 398 g/mol. The van der Waals surface area contributed by atoms with Crippen LogP contribution < -0.4 is 15.4 Å². The van der Waals surface area contributed by atoms with Crippen LogP contribution in [0.3, 0.4) is 0 Å². The number of methoxy groups -OCH3 is 1. The molecule has 0 fully saturated rings. The van der Waals surface area contributed by atoms with Crippen LogP contribution in [0, 0.1) is 11.3 Å². The Bertz CT molecular complexity index is 1290. The fourth-order valence-electron chi connectivity index (χ4n) is 3.07. The molecule has 148 valence electrons. The quantitative estimate of drug-likeness (QED) is 0.527. The summed E-state index contributed by atoms with van der Waals surface area (Å²) in [4.78, 5) is 15.8. The van der Waals surface area contributed by atoms with Gasteiger partial charge in [-0.1, -0.05) is 12.1 Å². The number of ether oxygens (including phenoxy) is 1. The number of nitrogens with zero attached hydrogens (tertiary/aromatic N) is 4. The van der Waals surface area contributed by atoms with Crippen molar-refractivity contribution in [3.63, 3.8) is 0 Å². The molecule has 0 aliphatic rings. The topological polar surface area (TPSA) is 104 Å². The van der Waals surface area contributed by atoms with Crippen molar-refractivity contribution >= 4 is 28.9 Å². The second kappa shape index (κ2) is 7.93. The smallest absolute Gasteiger partial charge is 0.247 e. The van der Waals surface area contributed by atoms with Crippen LogP contribution in [-0.2, 0) is 4.79 Å². The number of aromatic nitrogens is 3. The summed E-state index contributed by atoms with van der Waals surface area (Å²) in [6.07, 6.45) is 1.87. The first-order valence-electron chi connectivity index (χ1n) is 9.15. The highest BCUT2D eigenvalue weighted by Gasteiger charge is 2.10. The number of benzene rings is 2. The minimum Gasteiger partial charge on any atom is -0.495 e. The molecule has 8 nitrogen and oxygen atoms in total. The molecule has 0 spiro atoms. The molecular formula is C22H18N6O2. The molecule has 4 rings (SSSR count). The zero-order valence-corrected chi connectivity index (χ0v) is 16.4.